The third-order valence-electron chi connectivity index (χ3n) is 0. The SMILES string of the molecule is [CH2-][SiH](C)C.[Y]. The molecule has 0 saturated carbocycles. The third kappa shape index (κ3) is 33.6. The van der Waals surface area contributed by atoms with E-state index in [1.54, 1.807) is 0 Å². The van der Waals surface area contributed by atoms with E-state index in [-0.39, 0.29) is 41.5 Å². The zero-order valence-corrected chi connectivity index (χ0v) is 7.85. The molecule has 0 N–H and O–H groups in total. The van der Waals surface area contributed by atoms with Gasteiger partial charge in [-0.2, -0.15) is 0 Å². The molecule has 0 aliphatic heterocycles. The summed E-state index contributed by atoms with van der Waals surface area (Å²) in [4.78, 5) is 0. The first-order valence-electron chi connectivity index (χ1n) is 1.56. The van der Waals surface area contributed by atoms with Crippen molar-refractivity contribution in [3.63, 3.8) is 0 Å². The molecule has 0 aliphatic carbocycles. The first kappa shape index (κ1) is 9.59. The Bertz CT molecular complexity index is 11.6. The van der Waals surface area contributed by atoms with Crippen LogP contribution in [0.25, 0.3) is 0 Å². The topological polar surface area (TPSA) is 0 Å². The van der Waals surface area contributed by atoms with Gasteiger partial charge in [-0.1, -0.05) is 13.1 Å². The van der Waals surface area contributed by atoms with Gasteiger partial charge < -0.3 is 6.55 Å². The van der Waals surface area contributed by atoms with Crippen LogP contribution in [0.15, 0.2) is 0 Å². The van der Waals surface area contributed by atoms with Gasteiger partial charge in [-0.25, -0.2) is 0 Å². The molecule has 0 bridgehead atoms. The molecule has 0 unspecified atom stereocenters. The van der Waals surface area contributed by atoms with Gasteiger partial charge in [-0.05, 0) is 0 Å². The Morgan fingerprint density at radius 2 is 1.40 bits per heavy atom. The zero-order valence-electron chi connectivity index (χ0n) is 3.86. The van der Waals surface area contributed by atoms with Crippen molar-refractivity contribution in [2.75, 3.05) is 0 Å². The van der Waals surface area contributed by atoms with Crippen molar-refractivity contribution in [3.05, 3.63) is 6.55 Å². The van der Waals surface area contributed by atoms with E-state index in [4.69, 9.17) is 0 Å². The molecule has 0 aliphatic rings. The van der Waals surface area contributed by atoms with Crippen molar-refractivity contribution in [2.45, 2.75) is 13.1 Å². The monoisotopic (exact) mass is 162 g/mol. The molecule has 0 amide bonds. The van der Waals surface area contributed by atoms with Crippen molar-refractivity contribution in [1.29, 1.82) is 0 Å². The third-order valence-corrected chi connectivity index (χ3v) is 0. The van der Waals surface area contributed by atoms with Gasteiger partial charge in [0, 0.05) is 32.7 Å². The second-order valence-corrected chi connectivity index (χ2v) is 4.18. The molecule has 0 rings (SSSR count). The van der Waals surface area contributed by atoms with Gasteiger partial charge in [0.25, 0.3) is 0 Å². The summed E-state index contributed by atoms with van der Waals surface area (Å²) < 4.78 is 0. The second-order valence-electron chi connectivity index (χ2n) is 1.39. The summed E-state index contributed by atoms with van der Waals surface area (Å²) in [6, 6.07) is 0. The van der Waals surface area contributed by atoms with Crippen LogP contribution in [0, 0.1) is 6.55 Å². The molecule has 29 valence electrons. The van der Waals surface area contributed by atoms with Gasteiger partial charge in [0.05, 0.1) is 0 Å². The van der Waals surface area contributed by atoms with Crippen LogP contribution in [0.2, 0.25) is 13.1 Å². The van der Waals surface area contributed by atoms with E-state index in [1.807, 2.05) is 0 Å². The minimum Gasteiger partial charge on any atom is -0.345 e. The minimum absolute atomic E-state index is 0. The van der Waals surface area contributed by atoms with Crippen LogP contribution in [0.4, 0.5) is 0 Å². The first-order chi connectivity index (χ1) is 1.73. The van der Waals surface area contributed by atoms with Crippen molar-refractivity contribution < 1.29 is 32.7 Å². The van der Waals surface area contributed by atoms with Crippen LogP contribution in [0.1, 0.15) is 0 Å². The Hall–Kier alpha value is 1.32. The molecule has 0 fully saturated rings. The van der Waals surface area contributed by atoms with E-state index in [0.717, 1.165) is 0 Å². The largest absolute Gasteiger partial charge is 0.345 e. The normalized spacial score (nSPS) is 7.20. The first-order valence-corrected chi connectivity index (χ1v) is 4.69. The predicted octanol–water partition coefficient (Wildman–Crippen LogP) is 0.844. The standard InChI is InChI=1S/C3H9Si.Y/c1-4(2)3;/h4H,1H2,2-3H3;/q-1;. The molecule has 0 aromatic heterocycles. The Morgan fingerprint density at radius 1 is 1.40 bits per heavy atom. The number of hydrogen-bond acceptors (Lipinski definition) is 0. The van der Waals surface area contributed by atoms with E-state index in [2.05, 4.69) is 19.6 Å². The van der Waals surface area contributed by atoms with E-state index in [9.17, 15) is 0 Å². The van der Waals surface area contributed by atoms with Gasteiger partial charge in [-0.15, -0.1) is 8.80 Å². The molecular weight excluding hydrogens is 153 g/mol. The summed E-state index contributed by atoms with van der Waals surface area (Å²) in [5.74, 6) is 0. The van der Waals surface area contributed by atoms with E-state index < -0.39 is 0 Å². The maximum atomic E-state index is 3.78. The van der Waals surface area contributed by atoms with Crippen LogP contribution in [-0.4, -0.2) is 8.80 Å². The van der Waals surface area contributed by atoms with Gasteiger partial charge in [-0.3, -0.25) is 0 Å². The van der Waals surface area contributed by atoms with Crippen molar-refractivity contribution >= 4 is 8.80 Å². The van der Waals surface area contributed by atoms with Gasteiger partial charge in [0.15, 0.2) is 0 Å². The Kier molecular flexibility index (Phi) is 10.2. The maximum Gasteiger partial charge on any atom is 0 e. The van der Waals surface area contributed by atoms with Crippen LogP contribution in [0.5, 0.6) is 0 Å². The Balaban J connectivity index is 0. The van der Waals surface area contributed by atoms with Crippen LogP contribution >= 0.6 is 0 Å². The Labute approximate surface area is 60.8 Å². The van der Waals surface area contributed by atoms with E-state index >= 15 is 0 Å². The van der Waals surface area contributed by atoms with Crippen molar-refractivity contribution in [2.24, 2.45) is 0 Å². The van der Waals surface area contributed by atoms with Gasteiger partial charge in [0.1, 0.15) is 0 Å². The quantitative estimate of drug-likeness (QED) is 0.366. The second kappa shape index (κ2) is 5.32. The summed E-state index contributed by atoms with van der Waals surface area (Å²) in [6.07, 6.45) is 0. The molecule has 0 heterocycles. The zero-order chi connectivity index (χ0) is 3.58. The summed E-state index contributed by atoms with van der Waals surface area (Å²) in [6.45, 7) is 8.17. The van der Waals surface area contributed by atoms with Crippen LogP contribution < -0.4 is 0 Å². The fraction of sp³-hybridized carbons (Fsp3) is 0.667. The summed E-state index contributed by atoms with van der Waals surface area (Å²) in [5, 5.41) is 0. The summed E-state index contributed by atoms with van der Waals surface area (Å²) in [7, 11) is -0.389. The Morgan fingerprint density at radius 3 is 1.40 bits per heavy atom. The van der Waals surface area contributed by atoms with E-state index in [1.165, 1.54) is 0 Å². The molecule has 5 heavy (non-hydrogen) atoms. The molecule has 0 saturated heterocycles. The van der Waals surface area contributed by atoms with Crippen LogP contribution in [-0.2, 0) is 32.7 Å². The summed E-state index contributed by atoms with van der Waals surface area (Å²) in [5.41, 5.74) is 0. The molecule has 0 spiro atoms. The van der Waals surface area contributed by atoms with Gasteiger partial charge >= 0.3 is 0 Å². The van der Waals surface area contributed by atoms with Crippen LogP contribution in [0.3, 0.4) is 0 Å². The van der Waals surface area contributed by atoms with E-state index in [0.29, 0.717) is 0 Å². The van der Waals surface area contributed by atoms with Crippen molar-refractivity contribution in [3.8, 4) is 0 Å². The number of hydrogen-bond donors (Lipinski definition) is 0. The average molecular weight is 162 g/mol. The maximum absolute atomic E-state index is 3.78. The molecule has 0 aromatic rings. The smallest absolute Gasteiger partial charge is 0 e. The van der Waals surface area contributed by atoms with Gasteiger partial charge in [0.2, 0.25) is 0 Å². The molecule has 0 atom stereocenters. The molecule has 0 aromatic carbocycles. The fourth-order valence-corrected chi connectivity index (χ4v) is 0. The summed E-state index contributed by atoms with van der Waals surface area (Å²) >= 11 is 0. The molecule has 0 nitrogen and oxygen atoms in total. The van der Waals surface area contributed by atoms with Crippen molar-refractivity contribution in [1.82, 2.24) is 0 Å². The minimum atomic E-state index is -0.389. The molecule has 1 radical (unpaired) electrons. The number of rotatable bonds is 0. The predicted molar refractivity (Wildman–Crippen MR) is 24.2 cm³/mol. The average Bonchev–Trinajstić information content (AvgIpc) is 0.811. The molecular formula is C3H9SiY-. The molecule has 2 heteroatoms. The fourth-order valence-electron chi connectivity index (χ4n) is 0.